The zero-order valence-corrected chi connectivity index (χ0v) is 17.4. The first-order chi connectivity index (χ1) is 15.1. The lowest BCUT2D eigenvalue weighted by Gasteiger charge is -2.34. The van der Waals surface area contributed by atoms with Gasteiger partial charge in [-0.15, -0.1) is 0 Å². The van der Waals surface area contributed by atoms with Crippen LogP contribution in [-0.2, 0) is 5.41 Å². The highest BCUT2D eigenvalue weighted by molar-refractivity contribution is 5.86. The first-order valence-electron chi connectivity index (χ1n) is 10.2. The molecule has 0 radical (unpaired) electrons. The summed E-state index contributed by atoms with van der Waals surface area (Å²) in [6.45, 7) is 0. The average molecular weight is 408 g/mol. The number of benzene rings is 4. The van der Waals surface area contributed by atoms with Crippen LogP contribution in [0.25, 0.3) is 11.1 Å². The number of rotatable bonds is 5. The summed E-state index contributed by atoms with van der Waals surface area (Å²) in [6.07, 6.45) is 0. The van der Waals surface area contributed by atoms with Crippen molar-refractivity contribution in [1.29, 1.82) is 0 Å². The van der Waals surface area contributed by atoms with Crippen molar-refractivity contribution in [3.8, 4) is 22.6 Å². The van der Waals surface area contributed by atoms with Gasteiger partial charge in [0.1, 0.15) is 11.5 Å². The summed E-state index contributed by atoms with van der Waals surface area (Å²) < 4.78 is 5.41. The molecule has 154 valence electrons. The van der Waals surface area contributed by atoms with Crippen LogP contribution in [0.4, 0.5) is 0 Å². The molecule has 1 aliphatic rings. The molecule has 0 unspecified atom stereocenters. The molecular formula is C27H22NO3-. The molecular weight excluding hydrogens is 386 g/mol. The predicted octanol–water partition coefficient (Wildman–Crippen LogP) is 5.78. The molecule has 0 saturated carbocycles. The summed E-state index contributed by atoms with van der Waals surface area (Å²) in [5, 5.41) is 11.8. The molecule has 4 aromatic carbocycles. The summed E-state index contributed by atoms with van der Waals surface area (Å²) in [6, 6.07) is 33.2. The Kier molecular flexibility index (Phi) is 4.74. The first-order valence-corrected chi connectivity index (χ1v) is 10.2. The van der Waals surface area contributed by atoms with E-state index in [0.717, 1.165) is 16.9 Å². The van der Waals surface area contributed by atoms with E-state index in [1.165, 1.54) is 29.3 Å². The summed E-state index contributed by atoms with van der Waals surface area (Å²) in [5.74, 6) is 1.33. The summed E-state index contributed by atoms with van der Waals surface area (Å²) >= 11 is 0. The van der Waals surface area contributed by atoms with Gasteiger partial charge in [0.05, 0.1) is 12.5 Å². The van der Waals surface area contributed by atoms with E-state index in [1.54, 1.807) is 7.11 Å². The Morgan fingerprint density at radius 1 is 0.645 bits per heavy atom. The minimum absolute atomic E-state index is 0.453. The molecule has 4 nitrogen and oxygen atoms in total. The SMILES string of the molecule is COc1ccc(C2(c3ccc(ON(C)[O-])cc3)c3ccccc3-c3ccccc32)cc1. The van der Waals surface area contributed by atoms with Gasteiger partial charge in [-0.2, -0.15) is 0 Å². The molecule has 0 fully saturated rings. The van der Waals surface area contributed by atoms with Crippen LogP contribution in [0.2, 0.25) is 0 Å². The largest absolute Gasteiger partial charge is 0.753 e. The molecule has 4 aromatic rings. The Hall–Kier alpha value is -3.60. The van der Waals surface area contributed by atoms with Crippen LogP contribution in [0, 0.1) is 5.21 Å². The fourth-order valence-electron chi connectivity index (χ4n) is 4.78. The van der Waals surface area contributed by atoms with Gasteiger partial charge in [0, 0.05) is 7.05 Å². The predicted molar refractivity (Wildman–Crippen MR) is 122 cm³/mol. The third-order valence-corrected chi connectivity index (χ3v) is 6.00. The van der Waals surface area contributed by atoms with Gasteiger partial charge in [0.2, 0.25) is 0 Å². The maximum Gasteiger partial charge on any atom is 0.146 e. The fraction of sp³-hybridized carbons (Fsp3) is 0.111. The average Bonchev–Trinajstić information content (AvgIpc) is 3.11. The van der Waals surface area contributed by atoms with Crippen LogP contribution in [-0.4, -0.2) is 19.4 Å². The van der Waals surface area contributed by atoms with Crippen molar-refractivity contribution < 1.29 is 9.57 Å². The van der Waals surface area contributed by atoms with Crippen LogP contribution in [0.1, 0.15) is 22.3 Å². The third-order valence-electron chi connectivity index (χ3n) is 6.00. The minimum atomic E-state index is -0.485. The zero-order valence-electron chi connectivity index (χ0n) is 17.4. The number of hydrogen-bond acceptors (Lipinski definition) is 4. The van der Waals surface area contributed by atoms with Gasteiger partial charge < -0.3 is 14.8 Å². The molecule has 0 heterocycles. The van der Waals surface area contributed by atoms with E-state index in [1.807, 2.05) is 36.4 Å². The quantitative estimate of drug-likeness (QED) is 0.346. The number of methoxy groups -OCH3 is 1. The second kappa shape index (κ2) is 7.58. The zero-order chi connectivity index (χ0) is 21.4. The summed E-state index contributed by atoms with van der Waals surface area (Å²) in [4.78, 5) is 5.20. The van der Waals surface area contributed by atoms with E-state index in [9.17, 15) is 5.21 Å². The van der Waals surface area contributed by atoms with Gasteiger partial charge in [-0.1, -0.05) is 72.8 Å². The van der Waals surface area contributed by atoms with E-state index in [-0.39, 0.29) is 0 Å². The number of nitrogens with zero attached hydrogens (tertiary/aromatic N) is 1. The molecule has 0 spiro atoms. The Bertz CT molecular complexity index is 1170. The second-order valence-electron chi connectivity index (χ2n) is 7.63. The molecule has 1 aliphatic carbocycles. The Balaban J connectivity index is 1.81. The van der Waals surface area contributed by atoms with Gasteiger partial charge in [0.15, 0.2) is 0 Å². The third kappa shape index (κ3) is 3.00. The van der Waals surface area contributed by atoms with Crippen LogP contribution in [0.15, 0.2) is 97.1 Å². The Morgan fingerprint density at radius 2 is 1.10 bits per heavy atom. The number of fused-ring (bicyclic) bond motifs is 3. The Labute approximate surface area is 181 Å². The van der Waals surface area contributed by atoms with Crippen molar-refractivity contribution in [3.05, 3.63) is 125 Å². The topological polar surface area (TPSA) is 44.8 Å². The van der Waals surface area contributed by atoms with Crippen molar-refractivity contribution >= 4 is 0 Å². The number of hydrogen-bond donors (Lipinski definition) is 0. The normalized spacial score (nSPS) is 13.5. The van der Waals surface area contributed by atoms with Gasteiger partial charge >= 0.3 is 0 Å². The van der Waals surface area contributed by atoms with Crippen molar-refractivity contribution in [1.82, 2.24) is 5.23 Å². The van der Waals surface area contributed by atoms with Crippen molar-refractivity contribution in [2.75, 3.05) is 14.2 Å². The van der Waals surface area contributed by atoms with Gasteiger partial charge in [-0.25, -0.2) is 5.23 Å². The van der Waals surface area contributed by atoms with Crippen LogP contribution >= 0.6 is 0 Å². The second-order valence-corrected chi connectivity index (χ2v) is 7.63. The van der Waals surface area contributed by atoms with E-state index in [2.05, 4.69) is 60.7 Å². The van der Waals surface area contributed by atoms with Gasteiger partial charge in [0.25, 0.3) is 0 Å². The molecule has 5 rings (SSSR count). The monoisotopic (exact) mass is 408 g/mol. The van der Waals surface area contributed by atoms with Crippen molar-refractivity contribution in [3.63, 3.8) is 0 Å². The van der Waals surface area contributed by atoms with Crippen molar-refractivity contribution in [2.45, 2.75) is 5.41 Å². The molecule has 31 heavy (non-hydrogen) atoms. The Morgan fingerprint density at radius 3 is 1.55 bits per heavy atom. The highest BCUT2D eigenvalue weighted by Gasteiger charge is 2.45. The highest BCUT2D eigenvalue weighted by atomic mass is 16.9. The lowest BCUT2D eigenvalue weighted by molar-refractivity contribution is 0.0217. The van der Waals surface area contributed by atoms with E-state index >= 15 is 0 Å². The van der Waals surface area contributed by atoms with Gasteiger partial charge in [-0.05, 0) is 57.6 Å². The lowest BCUT2D eigenvalue weighted by atomic mass is 9.68. The lowest BCUT2D eigenvalue weighted by Crippen LogP contribution is -2.28. The summed E-state index contributed by atoms with van der Waals surface area (Å²) in [7, 11) is 3.01. The van der Waals surface area contributed by atoms with Crippen LogP contribution < -0.4 is 9.57 Å². The smallest absolute Gasteiger partial charge is 0.146 e. The van der Waals surface area contributed by atoms with Crippen LogP contribution in [0.5, 0.6) is 11.5 Å². The highest BCUT2D eigenvalue weighted by Crippen LogP contribution is 2.56. The number of ether oxygens (including phenoxy) is 1. The fourth-order valence-corrected chi connectivity index (χ4v) is 4.78. The maximum absolute atomic E-state index is 11.3. The molecule has 0 amide bonds. The van der Waals surface area contributed by atoms with E-state index in [0.29, 0.717) is 11.0 Å². The molecule has 0 N–H and O–H groups in total. The molecule has 0 aliphatic heterocycles. The molecule has 0 saturated heterocycles. The van der Waals surface area contributed by atoms with Crippen LogP contribution in [0.3, 0.4) is 0 Å². The minimum Gasteiger partial charge on any atom is -0.753 e. The molecule has 0 bridgehead atoms. The van der Waals surface area contributed by atoms with Crippen molar-refractivity contribution in [2.24, 2.45) is 0 Å². The molecule has 4 heteroatoms. The van der Waals surface area contributed by atoms with E-state index in [4.69, 9.17) is 9.57 Å². The maximum atomic E-state index is 11.3. The van der Waals surface area contributed by atoms with Gasteiger partial charge in [-0.3, -0.25) is 0 Å². The first kappa shape index (κ1) is 19.4. The van der Waals surface area contributed by atoms with E-state index < -0.39 is 5.41 Å². The standard InChI is InChI=1S/C27H22NO3/c1-28(29)31-22-17-13-20(14-18-22)27(19-11-15-21(30-2)16-12-19)25-9-5-3-7-23(25)24-8-4-6-10-26(24)27/h3-18H,1-2H3/q-1. The molecule has 0 aromatic heterocycles. The summed E-state index contributed by atoms with van der Waals surface area (Å²) in [5.41, 5.74) is 6.70. The molecule has 0 atom stereocenters. The number of hydroxylamine groups is 2.